The molecule has 0 N–H and O–H groups in total. The summed E-state index contributed by atoms with van der Waals surface area (Å²) in [5.74, 6) is 0. The number of nitrogens with zero attached hydrogens (tertiary/aromatic N) is 2. The zero-order valence-electron chi connectivity index (χ0n) is 20.2. The molecule has 0 atom stereocenters. The molecule has 5 rings (SSSR count). The van der Waals surface area contributed by atoms with Gasteiger partial charge in [-0.3, -0.25) is 0 Å². The van der Waals surface area contributed by atoms with E-state index in [2.05, 4.69) is 78.1 Å². The SMILES string of the molecule is C[Si](C)(C)c1cccc(-c2ccc(-c3[c-]cccc3)nc2)c1.[Ir].[c-]1ccccc1-c1ccccn1. The van der Waals surface area contributed by atoms with E-state index in [1.165, 1.54) is 16.3 Å². The van der Waals surface area contributed by atoms with Crippen LogP contribution in [0.1, 0.15) is 0 Å². The van der Waals surface area contributed by atoms with Crippen molar-refractivity contribution in [2.45, 2.75) is 19.6 Å². The summed E-state index contributed by atoms with van der Waals surface area (Å²) in [4.78, 5) is 8.81. The summed E-state index contributed by atoms with van der Waals surface area (Å²) in [6.07, 6.45) is 3.75. The molecule has 3 aromatic carbocycles. The second kappa shape index (κ2) is 12.5. The van der Waals surface area contributed by atoms with Crippen LogP contribution in [-0.2, 0) is 20.1 Å². The molecule has 0 spiro atoms. The Kier molecular flexibility index (Phi) is 9.44. The molecular weight excluding hydrogens is 621 g/mol. The van der Waals surface area contributed by atoms with E-state index in [0.29, 0.717) is 0 Å². The van der Waals surface area contributed by atoms with E-state index in [9.17, 15) is 0 Å². The van der Waals surface area contributed by atoms with E-state index in [0.717, 1.165) is 22.5 Å². The Morgan fingerprint density at radius 1 is 0.600 bits per heavy atom. The van der Waals surface area contributed by atoms with Crippen molar-refractivity contribution in [2.24, 2.45) is 0 Å². The topological polar surface area (TPSA) is 25.8 Å². The smallest absolute Gasteiger partial charge is 0.0776 e. The van der Waals surface area contributed by atoms with Gasteiger partial charge >= 0.3 is 0 Å². The predicted molar refractivity (Wildman–Crippen MR) is 145 cm³/mol. The van der Waals surface area contributed by atoms with Crippen molar-refractivity contribution in [3.8, 4) is 33.6 Å². The molecule has 0 amide bonds. The molecule has 0 aliphatic heterocycles. The van der Waals surface area contributed by atoms with Gasteiger partial charge in [0, 0.05) is 32.5 Å². The summed E-state index contributed by atoms with van der Waals surface area (Å²) >= 11 is 0. The molecule has 0 unspecified atom stereocenters. The van der Waals surface area contributed by atoms with Crippen molar-refractivity contribution in [2.75, 3.05) is 0 Å². The van der Waals surface area contributed by atoms with Crippen molar-refractivity contribution in [1.82, 2.24) is 9.97 Å². The van der Waals surface area contributed by atoms with E-state index in [-0.39, 0.29) is 20.1 Å². The molecule has 0 saturated heterocycles. The molecule has 4 heteroatoms. The van der Waals surface area contributed by atoms with Gasteiger partial charge in [0.25, 0.3) is 0 Å². The van der Waals surface area contributed by atoms with Crippen molar-refractivity contribution in [3.63, 3.8) is 0 Å². The van der Waals surface area contributed by atoms with Crippen molar-refractivity contribution in [3.05, 3.63) is 128 Å². The molecule has 35 heavy (non-hydrogen) atoms. The first-order chi connectivity index (χ1) is 16.5. The third-order valence-corrected chi connectivity index (χ3v) is 7.50. The maximum atomic E-state index is 4.60. The van der Waals surface area contributed by atoms with Crippen LogP contribution in [0.5, 0.6) is 0 Å². The van der Waals surface area contributed by atoms with Gasteiger partial charge in [-0.05, 0) is 28.6 Å². The molecule has 0 aliphatic carbocycles. The van der Waals surface area contributed by atoms with Gasteiger partial charge in [-0.2, -0.15) is 0 Å². The number of pyridine rings is 2. The van der Waals surface area contributed by atoms with Crippen LogP contribution in [0.4, 0.5) is 0 Å². The van der Waals surface area contributed by atoms with Crippen LogP contribution >= 0.6 is 0 Å². The van der Waals surface area contributed by atoms with Crippen molar-refractivity contribution in [1.29, 1.82) is 0 Å². The summed E-state index contributed by atoms with van der Waals surface area (Å²) in [5, 5.41) is 1.48. The largest absolute Gasteiger partial charge is 0.305 e. The number of aromatic nitrogens is 2. The molecule has 2 nitrogen and oxygen atoms in total. The Balaban J connectivity index is 0.000000223. The van der Waals surface area contributed by atoms with Gasteiger partial charge in [0.05, 0.1) is 8.07 Å². The van der Waals surface area contributed by atoms with Crippen LogP contribution in [0.3, 0.4) is 0 Å². The van der Waals surface area contributed by atoms with Gasteiger partial charge in [0.1, 0.15) is 0 Å². The third-order valence-electron chi connectivity index (χ3n) is 5.46. The zero-order valence-corrected chi connectivity index (χ0v) is 23.6. The van der Waals surface area contributed by atoms with Crippen LogP contribution in [0.25, 0.3) is 33.6 Å². The average molecular weight is 649 g/mol. The summed E-state index contributed by atoms with van der Waals surface area (Å²) in [6.45, 7) is 7.12. The van der Waals surface area contributed by atoms with Crippen LogP contribution in [0, 0.1) is 12.1 Å². The summed E-state index contributed by atoms with van der Waals surface area (Å²) in [5.41, 5.74) is 6.42. The standard InChI is InChI=1S/C20H20NSi.C11H8N.Ir/c1-22(2,3)19-11-7-10-17(14-19)18-12-13-20(21-15-18)16-8-5-4-6-9-16;1-2-6-10(7-3-1)11-8-4-5-9-12-11;/h4-8,10-15H,1-3H3;1-6,8-9H;/q2*-1;. The normalized spacial score (nSPS) is 10.5. The second-order valence-electron chi connectivity index (χ2n) is 9.03. The van der Waals surface area contributed by atoms with Crippen LogP contribution in [0.2, 0.25) is 19.6 Å². The Bertz CT molecular complexity index is 1260. The fourth-order valence-electron chi connectivity index (χ4n) is 3.52. The van der Waals surface area contributed by atoms with Crippen LogP contribution in [0.15, 0.2) is 116 Å². The van der Waals surface area contributed by atoms with Crippen LogP contribution in [-0.4, -0.2) is 18.0 Å². The Morgan fingerprint density at radius 2 is 1.26 bits per heavy atom. The number of rotatable bonds is 4. The van der Waals surface area contributed by atoms with E-state index in [4.69, 9.17) is 0 Å². The summed E-state index contributed by atoms with van der Waals surface area (Å²) < 4.78 is 0. The molecule has 5 aromatic rings. The predicted octanol–water partition coefficient (Wildman–Crippen LogP) is 7.31. The van der Waals surface area contributed by atoms with E-state index in [1.54, 1.807) is 6.20 Å². The first kappa shape index (κ1) is 26.4. The monoisotopic (exact) mass is 649 g/mol. The maximum absolute atomic E-state index is 4.60. The fourth-order valence-corrected chi connectivity index (χ4v) is 4.70. The molecule has 0 saturated carbocycles. The minimum atomic E-state index is -1.29. The van der Waals surface area contributed by atoms with Crippen LogP contribution < -0.4 is 5.19 Å². The molecule has 2 heterocycles. The number of hydrogen-bond acceptors (Lipinski definition) is 2. The quantitative estimate of drug-likeness (QED) is 0.151. The molecular formula is C31H28IrN2Si-2. The summed E-state index contributed by atoms with van der Waals surface area (Å²) in [6, 6.07) is 41.1. The Morgan fingerprint density at radius 3 is 1.77 bits per heavy atom. The van der Waals surface area contributed by atoms with Gasteiger partial charge in [-0.15, -0.1) is 71.8 Å². The molecule has 177 valence electrons. The van der Waals surface area contributed by atoms with E-state index >= 15 is 0 Å². The summed E-state index contributed by atoms with van der Waals surface area (Å²) in [7, 11) is -1.29. The minimum Gasteiger partial charge on any atom is -0.305 e. The molecule has 0 fully saturated rings. The first-order valence-corrected chi connectivity index (χ1v) is 14.9. The maximum Gasteiger partial charge on any atom is 0.0776 e. The first-order valence-electron chi connectivity index (χ1n) is 11.4. The van der Waals surface area contributed by atoms with Gasteiger partial charge in [0.15, 0.2) is 0 Å². The average Bonchev–Trinajstić information content (AvgIpc) is 2.90. The molecule has 2 aromatic heterocycles. The van der Waals surface area contributed by atoms with Gasteiger partial charge in [0.2, 0.25) is 0 Å². The molecule has 0 aliphatic rings. The zero-order chi connectivity index (χ0) is 23.8. The minimum absolute atomic E-state index is 0. The van der Waals surface area contributed by atoms with Gasteiger partial charge < -0.3 is 9.97 Å². The van der Waals surface area contributed by atoms with Gasteiger partial charge in [-0.25, -0.2) is 0 Å². The van der Waals surface area contributed by atoms with Gasteiger partial charge in [-0.1, -0.05) is 73.4 Å². The van der Waals surface area contributed by atoms with E-state index in [1.807, 2.05) is 72.9 Å². The third kappa shape index (κ3) is 7.40. The molecule has 1 radical (unpaired) electrons. The Hall–Kier alpha value is -3.17. The molecule has 0 bridgehead atoms. The number of benzene rings is 3. The van der Waals surface area contributed by atoms with E-state index < -0.39 is 8.07 Å². The van der Waals surface area contributed by atoms with Crippen molar-refractivity contribution < 1.29 is 20.1 Å². The number of hydrogen-bond donors (Lipinski definition) is 0. The second-order valence-corrected chi connectivity index (χ2v) is 14.1. The fraction of sp³-hybridized carbons (Fsp3) is 0.0968. The Labute approximate surface area is 223 Å². The van der Waals surface area contributed by atoms with Crippen molar-refractivity contribution >= 4 is 13.3 Å².